The average molecular weight is 231 g/mol. The maximum atomic E-state index is 11.6. The van der Waals surface area contributed by atoms with Crippen LogP contribution in [-0.4, -0.2) is 40.9 Å². The first-order chi connectivity index (χ1) is 7.38. The van der Waals surface area contributed by atoms with Crippen LogP contribution >= 0.6 is 0 Å². The van der Waals surface area contributed by atoms with Gasteiger partial charge in [-0.25, -0.2) is 4.79 Å². The lowest BCUT2D eigenvalue weighted by molar-refractivity contribution is 0.00391. The number of piperidine rings is 1. The third kappa shape index (κ3) is 5.95. The van der Waals surface area contributed by atoms with E-state index in [4.69, 9.17) is 4.74 Å². The largest absolute Gasteiger partial charge is 0.444 e. The highest BCUT2D eigenvalue weighted by molar-refractivity contribution is 5.68. The van der Waals surface area contributed by atoms with E-state index in [1.165, 1.54) is 0 Å². The van der Waals surface area contributed by atoms with Gasteiger partial charge in [0.25, 0.3) is 0 Å². The molecule has 16 heavy (non-hydrogen) atoms. The Bertz CT molecular complexity index is 211. The highest BCUT2D eigenvalue weighted by Crippen LogP contribution is 2.14. The van der Waals surface area contributed by atoms with E-state index >= 15 is 0 Å². The summed E-state index contributed by atoms with van der Waals surface area (Å²) in [5.41, 5.74) is -0.459. The van der Waals surface area contributed by atoms with Crippen molar-refractivity contribution in [2.75, 3.05) is 13.1 Å². The molecule has 4 heteroatoms. The molecule has 0 aromatic carbocycles. The summed E-state index contributed by atoms with van der Waals surface area (Å²) in [5.74, 6) is 0. The van der Waals surface area contributed by atoms with Crippen molar-refractivity contribution in [3.63, 3.8) is 0 Å². The molecular formula is C12H25NO3. The number of aliphatic hydroxyl groups excluding tert-OH is 1. The number of amides is 1. The molecule has 1 unspecified atom stereocenters. The minimum absolute atomic E-state index is 0.323. The van der Waals surface area contributed by atoms with E-state index in [0.29, 0.717) is 13.1 Å². The van der Waals surface area contributed by atoms with Crippen LogP contribution < -0.4 is 0 Å². The first-order valence-electron chi connectivity index (χ1n) is 6.04. The van der Waals surface area contributed by atoms with Gasteiger partial charge in [-0.05, 0) is 33.6 Å². The van der Waals surface area contributed by atoms with Gasteiger partial charge in [-0.1, -0.05) is 13.8 Å². The number of aliphatic hydroxyl groups is 1. The topological polar surface area (TPSA) is 49.8 Å². The van der Waals surface area contributed by atoms with E-state index in [9.17, 15) is 9.90 Å². The Morgan fingerprint density at radius 3 is 2.38 bits per heavy atom. The lowest BCUT2D eigenvalue weighted by Crippen LogP contribution is -2.44. The van der Waals surface area contributed by atoms with Crippen LogP contribution in [-0.2, 0) is 4.74 Å². The summed E-state index contributed by atoms with van der Waals surface area (Å²) in [6, 6.07) is 0. The van der Waals surface area contributed by atoms with E-state index in [1.54, 1.807) is 4.90 Å². The molecule has 0 radical (unpaired) electrons. The Kier molecular flexibility index (Phi) is 6.41. The predicted octanol–water partition coefficient (Wildman–Crippen LogP) is 2.40. The summed E-state index contributed by atoms with van der Waals surface area (Å²) in [7, 11) is 0. The zero-order chi connectivity index (χ0) is 12.8. The molecule has 0 aromatic rings. The number of nitrogens with zero attached hydrogens (tertiary/aromatic N) is 1. The summed E-state index contributed by atoms with van der Waals surface area (Å²) in [5, 5.41) is 9.38. The Morgan fingerprint density at radius 2 is 1.94 bits per heavy atom. The second kappa shape index (κ2) is 6.74. The molecular weight excluding hydrogens is 206 g/mol. The number of hydrogen-bond acceptors (Lipinski definition) is 3. The van der Waals surface area contributed by atoms with Gasteiger partial charge in [-0.15, -0.1) is 0 Å². The molecule has 0 spiro atoms. The highest BCUT2D eigenvalue weighted by atomic mass is 16.6. The maximum Gasteiger partial charge on any atom is 0.410 e. The first kappa shape index (κ1) is 15.2. The van der Waals surface area contributed by atoms with Crippen LogP contribution in [0.1, 0.15) is 47.5 Å². The molecule has 0 saturated carbocycles. The highest BCUT2D eigenvalue weighted by Gasteiger charge is 2.26. The van der Waals surface area contributed by atoms with Gasteiger partial charge in [0, 0.05) is 13.1 Å². The summed E-state index contributed by atoms with van der Waals surface area (Å²) < 4.78 is 5.20. The summed E-state index contributed by atoms with van der Waals surface area (Å²) in [4.78, 5) is 13.1. The molecule has 1 fully saturated rings. The van der Waals surface area contributed by atoms with Crippen molar-refractivity contribution < 1.29 is 14.6 Å². The van der Waals surface area contributed by atoms with Gasteiger partial charge in [0.15, 0.2) is 0 Å². The van der Waals surface area contributed by atoms with Gasteiger partial charge < -0.3 is 14.7 Å². The summed E-state index contributed by atoms with van der Waals surface area (Å²) >= 11 is 0. The number of hydrogen-bond donors (Lipinski definition) is 1. The van der Waals surface area contributed by atoms with Crippen LogP contribution in [0.4, 0.5) is 4.79 Å². The second-order valence-electron chi connectivity index (χ2n) is 4.72. The molecule has 1 saturated heterocycles. The summed E-state index contributed by atoms with van der Waals surface area (Å²) in [6.45, 7) is 10.6. The molecule has 0 aliphatic carbocycles. The number of carbonyl (C=O) groups excluding carboxylic acids is 1. The summed E-state index contributed by atoms with van der Waals surface area (Å²) in [6.07, 6.45) is 0.909. The third-order valence-electron chi connectivity index (χ3n) is 2.05. The zero-order valence-corrected chi connectivity index (χ0v) is 11.1. The zero-order valence-electron chi connectivity index (χ0n) is 11.1. The fourth-order valence-electron chi connectivity index (χ4n) is 1.45. The van der Waals surface area contributed by atoms with E-state index in [2.05, 4.69) is 0 Å². The number of carbonyl (C=O) groups is 1. The van der Waals surface area contributed by atoms with Gasteiger partial charge >= 0.3 is 6.09 Å². The minimum atomic E-state index is -0.459. The number of rotatable bonds is 0. The van der Waals surface area contributed by atoms with Crippen molar-refractivity contribution in [2.24, 2.45) is 0 Å². The standard InChI is InChI=1S/C10H19NO3.C2H6/c1-10(2,3)14-9(13)11-6-4-5-8(12)7-11;1-2/h8,12H,4-7H2,1-3H3;1-2H3. The fraction of sp³-hybridized carbons (Fsp3) is 0.917. The molecule has 1 heterocycles. The number of ether oxygens (including phenoxy) is 1. The van der Waals surface area contributed by atoms with Crippen LogP contribution in [0.25, 0.3) is 0 Å². The minimum Gasteiger partial charge on any atom is -0.444 e. The van der Waals surface area contributed by atoms with E-state index in [1.807, 2.05) is 34.6 Å². The molecule has 96 valence electrons. The molecule has 1 rings (SSSR count). The van der Waals surface area contributed by atoms with Crippen LogP contribution in [0, 0.1) is 0 Å². The quantitative estimate of drug-likeness (QED) is 0.696. The average Bonchev–Trinajstić information content (AvgIpc) is 2.18. The van der Waals surface area contributed by atoms with Crippen LogP contribution in [0.15, 0.2) is 0 Å². The van der Waals surface area contributed by atoms with E-state index in [0.717, 1.165) is 12.8 Å². The van der Waals surface area contributed by atoms with Crippen molar-refractivity contribution in [1.82, 2.24) is 4.90 Å². The van der Waals surface area contributed by atoms with Gasteiger partial charge in [-0.3, -0.25) is 0 Å². The second-order valence-corrected chi connectivity index (χ2v) is 4.72. The first-order valence-corrected chi connectivity index (χ1v) is 6.04. The molecule has 0 bridgehead atoms. The normalized spacial score (nSPS) is 20.9. The van der Waals surface area contributed by atoms with Crippen molar-refractivity contribution >= 4 is 6.09 Å². The van der Waals surface area contributed by atoms with Crippen molar-refractivity contribution in [3.05, 3.63) is 0 Å². The lowest BCUT2D eigenvalue weighted by Gasteiger charge is -2.32. The molecule has 1 N–H and O–H groups in total. The van der Waals surface area contributed by atoms with E-state index < -0.39 is 11.7 Å². The maximum absolute atomic E-state index is 11.6. The van der Waals surface area contributed by atoms with Crippen LogP contribution in [0.5, 0.6) is 0 Å². The van der Waals surface area contributed by atoms with Crippen molar-refractivity contribution in [3.8, 4) is 0 Å². The molecule has 0 aromatic heterocycles. The Hall–Kier alpha value is -0.770. The van der Waals surface area contributed by atoms with E-state index in [-0.39, 0.29) is 6.09 Å². The van der Waals surface area contributed by atoms with Crippen molar-refractivity contribution in [1.29, 1.82) is 0 Å². The Morgan fingerprint density at radius 1 is 1.38 bits per heavy atom. The van der Waals surface area contributed by atoms with Gasteiger partial charge in [0.1, 0.15) is 5.60 Å². The van der Waals surface area contributed by atoms with Crippen LogP contribution in [0.3, 0.4) is 0 Å². The SMILES string of the molecule is CC.CC(C)(C)OC(=O)N1CCCC(O)C1. The molecule has 4 nitrogen and oxygen atoms in total. The molecule has 1 atom stereocenters. The monoisotopic (exact) mass is 231 g/mol. The van der Waals surface area contributed by atoms with Gasteiger partial charge in [0.05, 0.1) is 6.10 Å². The third-order valence-corrected chi connectivity index (χ3v) is 2.05. The molecule has 1 aliphatic heterocycles. The fourth-order valence-corrected chi connectivity index (χ4v) is 1.45. The van der Waals surface area contributed by atoms with Crippen molar-refractivity contribution in [2.45, 2.75) is 59.2 Å². The van der Waals surface area contributed by atoms with Gasteiger partial charge in [0.2, 0.25) is 0 Å². The number of likely N-dealkylation sites (tertiary alicyclic amines) is 1. The predicted molar refractivity (Wildman–Crippen MR) is 64.4 cm³/mol. The van der Waals surface area contributed by atoms with Crippen LogP contribution in [0.2, 0.25) is 0 Å². The lowest BCUT2D eigenvalue weighted by atomic mass is 10.1. The Balaban J connectivity index is 0.00000106. The Labute approximate surface area is 98.6 Å². The molecule has 1 aliphatic rings. The smallest absolute Gasteiger partial charge is 0.410 e. The molecule has 1 amide bonds. The number of β-amino-alcohol motifs (C(OH)–C–C–N with tert-alkyl or cyclic N) is 1. The van der Waals surface area contributed by atoms with Gasteiger partial charge in [-0.2, -0.15) is 0 Å².